The Morgan fingerprint density at radius 3 is 1.35 bits per heavy atom. The Morgan fingerprint density at radius 2 is 1.10 bits per heavy atom. The molecule has 0 aliphatic heterocycles. The Balaban J connectivity index is 3.12. The molecule has 0 radical (unpaired) electrons. The number of aldehydes is 2. The van der Waals surface area contributed by atoms with Gasteiger partial charge in [0.15, 0.2) is 24.1 Å². The quantitative estimate of drug-likeness (QED) is 0.631. The zero-order valence-corrected chi connectivity index (χ0v) is 11.1. The molecule has 0 saturated carbocycles. The third-order valence-corrected chi connectivity index (χ3v) is 3.24. The summed E-state index contributed by atoms with van der Waals surface area (Å²) in [6, 6.07) is 6.00. The smallest absolute Gasteiger partial charge is 0.160 e. The lowest BCUT2D eigenvalue weighted by Crippen LogP contribution is -2.04. The van der Waals surface area contributed by atoms with E-state index in [2.05, 4.69) is 0 Å². The van der Waals surface area contributed by atoms with Crippen molar-refractivity contribution in [2.45, 2.75) is 13.8 Å². The van der Waals surface area contributed by atoms with Crippen LogP contribution < -0.4 is 0 Å². The van der Waals surface area contributed by atoms with Crippen LogP contribution in [0.5, 0.6) is 0 Å². The van der Waals surface area contributed by atoms with Gasteiger partial charge in [-0.1, -0.05) is 24.3 Å². The second-order valence-electron chi connectivity index (χ2n) is 4.50. The van der Waals surface area contributed by atoms with Crippen molar-refractivity contribution < 1.29 is 19.2 Å². The van der Waals surface area contributed by atoms with Crippen molar-refractivity contribution in [3.8, 4) is 0 Å². The summed E-state index contributed by atoms with van der Waals surface area (Å²) in [4.78, 5) is 45.8. The van der Waals surface area contributed by atoms with Crippen LogP contribution in [0.2, 0.25) is 0 Å². The highest BCUT2D eigenvalue weighted by Gasteiger charge is 2.17. The summed E-state index contributed by atoms with van der Waals surface area (Å²) in [5.74, 6) is -0.451. The van der Waals surface area contributed by atoms with Crippen LogP contribution in [0, 0.1) is 0 Å². The maximum atomic E-state index is 11.7. The zero-order chi connectivity index (χ0) is 14.9. The Bertz CT molecular complexity index is 691. The molecule has 0 saturated heterocycles. The number of carbonyl (C=O) groups excluding carboxylic acids is 4. The molecule has 0 N–H and O–H groups in total. The highest BCUT2D eigenvalue weighted by atomic mass is 16.1. The summed E-state index contributed by atoms with van der Waals surface area (Å²) < 4.78 is 0. The summed E-state index contributed by atoms with van der Waals surface area (Å²) in [6.07, 6.45) is 1.24. The van der Waals surface area contributed by atoms with Crippen molar-refractivity contribution in [2.24, 2.45) is 0 Å². The Labute approximate surface area is 115 Å². The van der Waals surface area contributed by atoms with Crippen LogP contribution in [0.15, 0.2) is 24.3 Å². The van der Waals surface area contributed by atoms with Gasteiger partial charge in [-0.2, -0.15) is 0 Å². The number of ketones is 2. The van der Waals surface area contributed by atoms with Gasteiger partial charge in [-0.25, -0.2) is 0 Å². The van der Waals surface area contributed by atoms with Crippen molar-refractivity contribution in [3.63, 3.8) is 0 Å². The number of carbonyl (C=O) groups is 4. The fraction of sp³-hybridized carbons (Fsp3) is 0.125. The molecule has 4 nitrogen and oxygen atoms in total. The van der Waals surface area contributed by atoms with E-state index in [9.17, 15) is 19.2 Å². The molecular weight excluding hydrogens is 256 g/mol. The van der Waals surface area contributed by atoms with Gasteiger partial charge in [-0.3, -0.25) is 19.2 Å². The van der Waals surface area contributed by atoms with Crippen LogP contribution in [0.4, 0.5) is 0 Å². The first-order chi connectivity index (χ1) is 9.51. The molecule has 0 bridgehead atoms. The van der Waals surface area contributed by atoms with Crippen molar-refractivity contribution in [3.05, 3.63) is 46.5 Å². The fourth-order valence-electron chi connectivity index (χ4n) is 2.33. The second kappa shape index (κ2) is 5.17. The molecule has 100 valence electrons. The maximum absolute atomic E-state index is 11.7. The van der Waals surface area contributed by atoms with Gasteiger partial charge in [-0.15, -0.1) is 0 Å². The SMILES string of the molecule is CC(=O)c1ccc(C=O)c2c(C(C)=O)ccc(C=O)c12. The van der Waals surface area contributed by atoms with Crippen molar-refractivity contribution >= 4 is 34.9 Å². The summed E-state index contributed by atoms with van der Waals surface area (Å²) in [6.45, 7) is 2.76. The number of fused-ring (bicyclic) bond motifs is 1. The van der Waals surface area contributed by atoms with E-state index in [1.165, 1.54) is 38.1 Å². The lowest BCUT2D eigenvalue weighted by Gasteiger charge is -2.11. The normalized spacial score (nSPS) is 10.3. The third kappa shape index (κ3) is 2.05. The molecule has 0 aliphatic rings. The van der Waals surface area contributed by atoms with Crippen LogP contribution in [0.1, 0.15) is 55.3 Å². The molecule has 2 rings (SSSR count). The van der Waals surface area contributed by atoms with Crippen LogP contribution in [0.25, 0.3) is 10.8 Å². The van der Waals surface area contributed by atoms with Crippen LogP contribution >= 0.6 is 0 Å². The van der Waals surface area contributed by atoms with Gasteiger partial charge in [0.2, 0.25) is 0 Å². The van der Waals surface area contributed by atoms with E-state index in [4.69, 9.17) is 0 Å². The topological polar surface area (TPSA) is 68.3 Å². The molecule has 4 heteroatoms. The van der Waals surface area contributed by atoms with Crippen molar-refractivity contribution in [1.82, 2.24) is 0 Å². The summed E-state index contributed by atoms with van der Waals surface area (Å²) >= 11 is 0. The Morgan fingerprint density at radius 1 is 0.750 bits per heavy atom. The molecule has 0 heterocycles. The standard InChI is InChI=1S/C16H12O4/c1-9(19)13-5-3-12(8-18)16-14(10(2)20)6-4-11(7-17)15(13)16/h3-8H,1-2H3. The minimum absolute atomic E-state index is 0.226. The lowest BCUT2D eigenvalue weighted by molar-refractivity contribution is 0.100. The van der Waals surface area contributed by atoms with Gasteiger partial charge in [0.05, 0.1) is 0 Å². The Kier molecular flexibility index (Phi) is 3.57. The molecule has 0 atom stereocenters. The van der Waals surface area contributed by atoms with Crippen LogP contribution in [-0.2, 0) is 0 Å². The average Bonchev–Trinajstić information content (AvgIpc) is 2.44. The number of hydrogen-bond donors (Lipinski definition) is 0. The average molecular weight is 268 g/mol. The van der Waals surface area contributed by atoms with Gasteiger partial charge < -0.3 is 0 Å². The van der Waals surface area contributed by atoms with Crippen LogP contribution in [-0.4, -0.2) is 24.1 Å². The van der Waals surface area contributed by atoms with Gasteiger partial charge in [0.25, 0.3) is 0 Å². The van der Waals surface area contributed by atoms with E-state index < -0.39 is 0 Å². The summed E-state index contributed by atoms with van der Waals surface area (Å²) in [5, 5.41) is 0.731. The van der Waals surface area contributed by atoms with E-state index in [1.54, 1.807) is 0 Å². The van der Waals surface area contributed by atoms with E-state index in [1.807, 2.05) is 0 Å². The molecule has 2 aromatic carbocycles. The van der Waals surface area contributed by atoms with Gasteiger partial charge in [0, 0.05) is 33.0 Å². The molecule has 0 aromatic heterocycles. The largest absolute Gasteiger partial charge is 0.298 e. The maximum Gasteiger partial charge on any atom is 0.160 e. The first kappa shape index (κ1) is 13.8. The van der Waals surface area contributed by atoms with Crippen LogP contribution in [0.3, 0.4) is 0 Å². The second-order valence-corrected chi connectivity index (χ2v) is 4.50. The van der Waals surface area contributed by atoms with Crippen molar-refractivity contribution in [2.75, 3.05) is 0 Å². The molecule has 20 heavy (non-hydrogen) atoms. The van der Waals surface area contributed by atoms with E-state index >= 15 is 0 Å². The van der Waals surface area contributed by atoms with Gasteiger partial charge in [0.1, 0.15) is 0 Å². The molecular formula is C16H12O4. The highest BCUT2D eigenvalue weighted by molar-refractivity contribution is 6.21. The molecule has 2 aromatic rings. The molecule has 0 unspecified atom stereocenters. The van der Waals surface area contributed by atoms with Crippen molar-refractivity contribution in [1.29, 1.82) is 0 Å². The monoisotopic (exact) mass is 268 g/mol. The fourth-order valence-corrected chi connectivity index (χ4v) is 2.33. The summed E-state index contributed by atoms with van der Waals surface area (Å²) in [5.41, 5.74) is 1.24. The number of rotatable bonds is 4. The Hall–Kier alpha value is -2.62. The van der Waals surface area contributed by atoms with E-state index in [-0.39, 0.29) is 11.6 Å². The third-order valence-electron chi connectivity index (χ3n) is 3.24. The van der Waals surface area contributed by atoms with E-state index in [0.29, 0.717) is 45.6 Å². The first-order valence-electron chi connectivity index (χ1n) is 6.03. The molecule has 0 aliphatic carbocycles. The number of benzene rings is 2. The zero-order valence-electron chi connectivity index (χ0n) is 11.1. The first-order valence-corrected chi connectivity index (χ1v) is 6.03. The highest BCUT2D eigenvalue weighted by Crippen LogP contribution is 2.29. The minimum atomic E-state index is -0.226. The molecule has 0 fully saturated rings. The lowest BCUT2D eigenvalue weighted by atomic mass is 9.90. The molecule has 0 amide bonds. The predicted octanol–water partition coefficient (Wildman–Crippen LogP) is 2.87. The number of hydrogen-bond acceptors (Lipinski definition) is 4. The molecule has 0 spiro atoms. The van der Waals surface area contributed by atoms with Gasteiger partial charge in [-0.05, 0) is 13.8 Å². The number of Topliss-reactive ketones (excluding diaryl/α,β-unsaturated/α-hetero) is 2. The summed E-state index contributed by atoms with van der Waals surface area (Å²) in [7, 11) is 0. The van der Waals surface area contributed by atoms with Gasteiger partial charge >= 0.3 is 0 Å². The van der Waals surface area contributed by atoms with E-state index in [0.717, 1.165) is 0 Å². The predicted molar refractivity (Wildman–Crippen MR) is 74.7 cm³/mol. The minimum Gasteiger partial charge on any atom is -0.298 e.